The summed E-state index contributed by atoms with van der Waals surface area (Å²) in [7, 11) is 0. The third kappa shape index (κ3) is 2.42. The second-order valence-electron chi connectivity index (χ2n) is 5.90. The Morgan fingerprint density at radius 1 is 1.22 bits per heavy atom. The van der Waals surface area contributed by atoms with E-state index in [1.807, 2.05) is 0 Å². The van der Waals surface area contributed by atoms with Crippen molar-refractivity contribution in [2.75, 3.05) is 6.54 Å². The molecule has 23 heavy (non-hydrogen) atoms. The predicted molar refractivity (Wildman–Crippen MR) is 84.2 cm³/mol. The molecule has 7 nitrogen and oxygen atoms in total. The second-order valence-corrected chi connectivity index (χ2v) is 6.98. The summed E-state index contributed by atoms with van der Waals surface area (Å²) in [5.41, 5.74) is 6.83. The van der Waals surface area contributed by atoms with E-state index in [2.05, 4.69) is 9.97 Å². The molecule has 0 aromatic carbocycles. The smallest absolute Gasteiger partial charge is 0.283 e. The zero-order valence-electron chi connectivity index (χ0n) is 12.6. The summed E-state index contributed by atoms with van der Waals surface area (Å²) >= 11 is 1.52. The fourth-order valence-electron chi connectivity index (χ4n) is 3.21. The molecular formula is C15H17N5O2S. The molecule has 0 saturated carbocycles. The van der Waals surface area contributed by atoms with Crippen LogP contribution < -0.4 is 5.73 Å². The van der Waals surface area contributed by atoms with E-state index in [1.165, 1.54) is 28.8 Å². The van der Waals surface area contributed by atoms with Crippen LogP contribution in [0.3, 0.4) is 0 Å². The van der Waals surface area contributed by atoms with Gasteiger partial charge in [-0.15, -0.1) is 11.3 Å². The van der Waals surface area contributed by atoms with E-state index in [1.54, 1.807) is 9.47 Å². The van der Waals surface area contributed by atoms with E-state index in [-0.39, 0.29) is 5.91 Å². The van der Waals surface area contributed by atoms with Crippen molar-refractivity contribution in [3.05, 3.63) is 33.3 Å². The van der Waals surface area contributed by atoms with Gasteiger partial charge in [0, 0.05) is 18.0 Å². The van der Waals surface area contributed by atoms with Gasteiger partial charge in [-0.2, -0.15) is 0 Å². The van der Waals surface area contributed by atoms with E-state index in [4.69, 9.17) is 5.73 Å². The number of aryl methyl sites for hydroxylation is 2. The molecular weight excluding hydrogens is 314 g/mol. The predicted octanol–water partition coefficient (Wildman–Crippen LogP) is 0.973. The molecule has 8 heteroatoms. The number of nitrogens with two attached hydrogens (primary N) is 1. The Balaban J connectivity index is 1.56. The number of carbonyl (C=O) groups excluding carboxylic acids is 2. The average molecular weight is 331 g/mol. The largest absolute Gasteiger partial charge is 0.364 e. The number of thiazole rings is 1. The van der Waals surface area contributed by atoms with E-state index < -0.39 is 5.91 Å². The van der Waals surface area contributed by atoms with Crippen molar-refractivity contribution in [1.29, 1.82) is 0 Å². The molecule has 120 valence electrons. The lowest BCUT2D eigenvalue weighted by molar-refractivity contribution is 0.0705. The number of aromatic nitrogens is 3. The Morgan fingerprint density at radius 3 is 2.83 bits per heavy atom. The van der Waals surface area contributed by atoms with Crippen LogP contribution in [-0.2, 0) is 25.9 Å². The Morgan fingerprint density at radius 2 is 2.04 bits per heavy atom. The molecule has 1 aliphatic carbocycles. The van der Waals surface area contributed by atoms with Crippen LogP contribution in [-0.4, -0.2) is 37.8 Å². The maximum atomic E-state index is 12.7. The third-order valence-corrected chi connectivity index (χ3v) is 5.58. The van der Waals surface area contributed by atoms with E-state index in [0.29, 0.717) is 36.2 Å². The number of carbonyl (C=O) groups is 2. The molecule has 2 aromatic heterocycles. The van der Waals surface area contributed by atoms with Crippen molar-refractivity contribution in [2.45, 2.75) is 38.8 Å². The number of fused-ring (bicyclic) bond motifs is 2. The highest BCUT2D eigenvalue weighted by atomic mass is 32.1. The molecule has 0 unspecified atom stereocenters. The number of amides is 2. The lowest BCUT2D eigenvalue weighted by Gasteiger charge is -2.27. The fraction of sp³-hybridized carbons (Fsp3) is 0.467. The van der Waals surface area contributed by atoms with Crippen LogP contribution >= 0.6 is 11.3 Å². The highest BCUT2D eigenvalue weighted by Crippen LogP contribution is 2.28. The molecule has 0 fully saturated rings. The number of rotatable bonds is 2. The topological polar surface area (TPSA) is 94.1 Å². The first-order valence-corrected chi connectivity index (χ1v) is 8.57. The van der Waals surface area contributed by atoms with Crippen LogP contribution in [0.5, 0.6) is 0 Å². The summed E-state index contributed by atoms with van der Waals surface area (Å²) in [5, 5.41) is 0.576. The first-order chi connectivity index (χ1) is 11.1. The molecule has 2 N–H and O–H groups in total. The summed E-state index contributed by atoms with van der Waals surface area (Å²) in [6.45, 7) is 1.45. The molecule has 0 radical (unpaired) electrons. The number of hydrogen-bond acceptors (Lipinski definition) is 5. The molecule has 0 saturated heterocycles. The maximum absolute atomic E-state index is 12.7. The van der Waals surface area contributed by atoms with Gasteiger partial charge in [0.2, 0.25) is 0 Å². The minimum Gasteiger partial charge on any atom is -0.364 e. The molecule has 1 aliphatic heterocycles. The normalized spacial score (nSPS) is 16.8. The van der Waals surface area contributed by atoms with Crippen LogP contribution in [0.15, 0.2) is 6.20 Å². The van der Waals surface area contributed by atoms with Crippen molar-refractivity contribution in [3.8, 4) is 0 Å². The number of hydrogen-bond donors (Lipinski definition) is 1. The quantitative estimate of drug-likeness (QED) is 0.887. The molecule has 2 aliphatic rings. The molecule has 0 atom stereocenters. The Bertz CT molecular complexity index is 770. The molecule has 2 aromatic rings. The van der Waals surface area contributed by atoms with Crippen LogP contribution in [0, 0.1) is 0 Å². The van der Waals surface area contributed by atoms with Gasteiger partial charge in [-0.05, 0) is 25.7 Å². The first kappa shape index (κ1) is 14.4. The van der Waals surface area contributed by atoms with E-state index in [9.17, 15) is 9.59 Å². The molecule has 3 heterocycles. The first-order valence-electron chi connectivity index (χ1n) is 7.75. The number of nitrogens with zero attached hydrogens (tertiary/aromatic N) is 4. The van der Waals surface area contributed by atoms with Crippen LogP contribution in [0.25, 0.3) is 0 Å². The lowest BCUT2D eigenvalue weighted by Crippen LogP contribution is -2.39. The maximum Gasteiger partial charge on any atom is 0.283 e. The molecule has 0 bridgehead atoms. The second kappa shape index (κ2) is 5.45. The van der Waals surface area contributed by atoms with Gasteiger partial charge in [0.1, 0.15) is 11.5 Å². The highest BCUT2D eigenvalue weighted by Gasteiger charge is 2.28. The Labute approximate surface area is 137 Å². The van der Waals surface area contributed by atoms with Crippen molar-refractivity contribution >= 4 is 23.2 Å². The number of primary amides is 1. The van der Waals surface area contributed by atoms with Crippen molar-refractivity contribution in [1.82, 2.24) is 19.4 Å². The molecule has 4 rings (SSSR count). The standard InChI is InChI=1S/C15H17N5O2S/c16-13(21)10-7-17-12-8-19(5-6-20(10)12)15(22)14-18-9-3-1-2-4-11(9)23-14/h7H,1-6,8H2,(H2,16,21). The van der Waals surface area contributed by atoms with Gasteiger partial charge in [0.05, 0.1) is 18.4 Å². The summed E-state index contributed by atoms with van der Waals surface area (Å²) < 4.78 is 1.79. The van der Waals surface area contributed by atoms with Crippen LogP contribution in [0.1, 0.15) is 49.5 Å². The van der Waals surface area contributed by atoms with Gasteiger partial charge in [-0.3, -0.25) is 9.59 Å². The van der Waals surface area contributed by atoms with E-state index >= 15 is 0 Å². The fourth-order valence-corrected chi connectivity index (χ4v) is 4.33. The van der Waals surface area contributed by atoms with Gasteiger partial charge in [0.15, 0.2) is 5.01 Å². The van der Waals surface area contributed by atoms with Gasteiger partial charge in [-0.25, -0.2) is 9.97 Å². The summed E-state index contributed by atoms with van der Waals surface area (Å²) in [6.07, 6.45) is 5.83. The van der Waals surface area contributed by atoms with Crippen LogP contribution in [0.2, 0.25) is 0 Å². The third-order valence-electron chi connectivity index (χ3n) is 4.43. The van der Waals surface area contributed by atoms with Gasteiger partial charge < -0.3 is 15.2 Å². The van der Waals surface area contributed by atoms with Crippen molar-refractivity contribution < 1.29 is 9.59 Å². The summed E-state index contributed by atoms with van der Waals surface area (Å²) in [4.78, 5) is 35.8. The summed E-state index contributed by atoms with van der Waals surface area (Å²) in [5.74, 6) is 0.162. The Kier molecular flexibility index (Phi) is 3.41. The van der Waals surface area contributed by atoms with Crippen LogP contribution in [0.4, 0.5) is 0 Å². The van der Waals surface area contributed by atoms with Gasteiger partial charge >= 0.3 is 0 Å². The number of imidazole rings is 1. The van der Waals surface area contributed by atoms with Gasteiger partial charge in [0.25, 0.3) is 11.8 Å². The summed E-state index contributed by atoms with van der Waals surface area (Å²) in [6, 6.07) is 0. The SMILES string of the molecule is NC(=O)c1cnc2n1CCN(C(=O)c1nc3c(s1)CCCC3)C2. The zero-order chi connectivity index (χ0) is 16.0. The average Bonchev–Trinajstić information content (AvgIpc) is 3.17. The zero-order valence-corrected chi connectivity index (χ0v) is 13.4. The highest BCUT2D eigenvalue weighted by molar-refractivity contribution is 7.13. The minimum atomic E-state index is -0.490. The van der Waals surface area contributed by atoms with E-state index in [0.717, 1.165) is 25.0 Å². The molecule has 0 spiro atoms. The minimum absolute atomic E-state index is 0.0423. The van der Waals surface area contributed by atoms with Crippen molar-refractivity contribution in [2.24, 2.45) is 5.73 Å². The monoisotopic (exact) mass is 331 g/mol. The van der Waals surface area contributed by atoms with Crippen molar-refractivity contribution in [3.63, 3.8) is 0 Å². The van der Waals surface area contributed by atoms with Gasteiger partial charge in [-0.1, -0.05) is 0 Å². The molecule has 2 amide bonds. The lowest BCUT2D eigenvalue weighted by atomic mass is 10.0. The Hall–Kier alpha value is -2.22.